The standard InChI is InChI=1S/C17H27N3O.HI/c1-4-15-7-5-6-8-16(15)11-19-17(18-2)20(3)12-14-9-10-21-13-14;/h5-8,14H,4,9-13H2,1-3H3,(H,18,19);1H. The lowest BCUT2D eigenvalue weighted by atomic mass is 10.1. The number of hydrogen-bond acceptors (Lipinski definition) is 2. The molecule has 1 fully saturated rings. The summed E-state index contributed by atoms with van der Waals surface area (Å²) in [5, 5.41) is 3.47. The van der Waals surface area contributed by atoms with Crippen molar-refractivity contribution in [3.8, 4) is 0 Å². The molecular formula is C17H28IN3O. The second kappa shape index (κ2) is 10.0. The molecule has 2 rings (SSSR count). The van der Waals surface area contributed by atoms with Crippen molar-refractivity contribution in [2.24, 2.45) is 10.9 Å². The summed E-state index contributed by atoms with van der Waals surface area (Å²) >= 11 is 0. The molecule has 1 unspecified atom stereocenters. The molecule has 22 heavy (non-hydrogen) atoms. The quantitative estimate of drug-likeness (QED) is 0.455. The van der Waals surface area contributed by atoms with Gasteiger partial charge in [-0.15, -0.1) is 24.0 Å². The lowest BCUT2D eigenvalue weighted by Gasteiger charge is -2.24. The zero-order valence-electron chi connectivity index (χ0n) is 13.8. The summed E-state index contributed by atoms with van der Waals surface area (Å²) in [7, 11) is 3.94. The molecule has 1 aliphatic rings. The first-order valence-corrected chi connectivity index (χ1v) is 7.81. The van der Waals surface area contributed by atoms with E-state index in [1.54, 1.807) is 0 Å². The van der Waals surface area contributed by atoms with Crippen LogP contribution in [0.2, 0.25) is 0 Å². The van der Waals surface area contributed by atoms with Crippen molar-refractivity contribution < 1.29 is 4.74 Å². The normalized spacial score (nSPS) is 18.0. The fourth-order valence-corrected chi connectivity index (χ4v) is 2.83. The van der Waals surface area contributed by atoms with Crippen molar-refractivity contribution in [2.45, 2.75) is 26.3 Å². The maximum atomic E-state index is 5.44. The number of nitrogens with one attached hydrogen (secondary N) is 1. The van der Waals surface area contributed by atoms with Gasteiger partial charge in [0.15, 0.2) is 5.96 Å². The van der Waals surface area contributed by atoms with Crippen molar-refractivity contribution in [3.05, 3.63) is 35.4 Å². The first-order chi connectivity index (χ1) is 10.2. The van der Waals surface area contributed by atoms with E-state index in [2.05, 4.69) is 53.4 Å². The molecule has 5 heteroatoms. The smallest absolute Gasteiger partial charge is 0.193 e. The van der Waals surface area contributed by atoms with E-state index in [-0.39, 0.29) is 24.0 Å². The third kappa shape index (κ3) is 5.43. The fraction of sp³-hybridized carbons (Fsp3) is 0.588. The van der Waals surface area contributed by atoms with Crippen LogP contribution in [0, 0.1) is 5.92 Å². The predicted octanol–water partition coefficient (Wildman–Crippen LogP) is 2.91. The van der Waals surface area contributed by atoms with Gasteiger partial charge in [-0.1, -0.05) is 31.2 Å². The Bertz CT molecular complexity index is 473. The molecule has 0 bridgehead atoms. The van der Waals surface area contributed by atoms with E-state index in [1.165, 1.54) is 11.1 Å². The molecule has 1 atom stereocenters. The molecule has 0 saturated carbocycles. The van der Waals surface area contributed by atoms with Crippen molar-refractivity contribution in [2.75, 3.05) is 33.9 Å². The topological polar surface area (TPSA) is 36.9 Å². The van der Waals surface area contributed by atoms with Crippen molar-refractivity contribution in [3.63, 3.8) is 0 Å². The third-order valence-electron chi connectivity index (χ3n) is 4.07. The van der Waals surface area contributed by atoms with E-state index >= 15 is 0 Å². The molecule has 1 aromatic carbocycles. The minimum absolute atomic E-state index is 0. The lowest BCUT2D eigenvalue weighted by Crippen LogP contribution is -2.41. The van der Waals surface area contributed by atoms with Gasteiger partial charge in [0.25, 0.3) is 0 Å². The van der Waals surface area contributed by atoms with Crippen LogP contribution in [-0.2, 0) is 17.7 Å². The highest BCUT2D eigenvalue weighted by Crippen LogP contribution is 2.13. The minimum atomic E-state index is 0. The number of rotatable bonds is 5. The van der Waals surface area contributed by atoms with Crippen molar-refractivity contribution >= 4 is 29.9 Å². The molecule has 1 heterocycles. The summed E-state index contributed by atoms with van der Waals surface area (Å²) in [5.74, 6) is 1.57. The minimum Gasteiger partial charge on any atom is -0.381 e. The molecule has 0 radical (unpaired) electrons. The molecule has 0 spiro atoms. The summed E-state index contributed by atoms with van der Waals surface area (Å²) in [5.41, 5.74) is 2.74. The Hall–Kier alpha value is -0.820. The van der Waals surface area contributed by atoms with Crippen LogP contribution < -0.4 is 5.32 Å². The predicted molar refractivity (Wildman–Crippen MR) is 103 cm³/mol. The molecule has 1 aromatic rings. The largest absolute Gasteiger partial charge is 0.381 e. The van der Waals surface area contributed by atoms with Gasteiger partial charge < -0.3 is 15.0 Å². The molecule has 1 aliphatic heterocycles. The highest BCUT2D eigenvalue weighted by atomic mass is 127. The van der Waals surface area contributed by atoms with Crippen LogP contribution in [0.5, 0.6) is 0 Å². The maximum Gasteiger partial charge on any atom is 0.193 e. The average molecular weight is 417 g/mol. The Kier molecular flexibility index (Phi) is 8.78. The van der Waals surface area contributed by atoms with Gasteiger partial charge in [0.2, 0.25) is 0 Å². The zero-order valence-corrected chi connectivity index (χ0v) is 16.2. The van der Waals surface area contributed by atoms with Crippen LogP contribution in [0.3, 0.4) is 0 Å². The number of aliphatic imine (C=N–C) groups is 1. The van der Waals surface area contributed by atoms with Crippen molar-refractivity contribution in [1.29, 1.82) is 0 Å². The first-order valence-electron chi connectivity index (χ1n) is 7.81. The molecule has 1 N–H and O–H groups in total. The molecule has 1 saturated heterocycles. The average Bonchev–Trinajstić information content (AvgIpc) is 3.01. The van der Waals surface area contributed by atoms with E-state index < -0.39 is 0 Å². The van der Waals surface area contributed by atoms with Crippen LogP contribution in [0.15, 0.2) is 29.3 Å². The second-order valence-corrected chi connectivity index (χ2v) is 5.63. The van der Waals surface area contributed by atoms with E-state index in [9.17, 15) is 0 Å². The Balaban J connectivity index is 0.00000242. The van der Waals surface area contributed by atoms with Gasteiger partial charge in [-0.3, -0.25) is 4.99 Å². The molecular weight excluding hydrogens is 389 g/mol. The van der Waals surface area contributed by atoms with Crippen LogP contribution >= 0.6 is 24.0 Å². The number of halogens is 1. The number of aryl methyl sites for hydroxylation is 1. The van der Waals surface area contributed by atoms with Gasteiger partial charge in [-0.05, 0) is 24.0 Å². The van der Waals surface area contributed by atoms with Gasteiger partial charge in [-0.2, -0.15) is 0 Å². The van der Waals surface area contributed by atoms with Crippen molar-refractivity contribution in [1.82, 2.24) is 10.2 Å². The Labute approximate surface area is 151 Å². The van der Waals surface area contributed by atoms with E-state index in [1.807, 2.05) is 7.05 Å². The summed E-state index contributed by atoms with van der Waals surface area (Å²) < 4.78 is 5.44. The Morgan fingerprint density at radius 1 is 1.36 bits per heavy atom. The molecule has 0 amide bonds. The fourth-order valence-electron chi connectivity index (χ4n) is 2.83. The zero-order chi connectivity index (χ0) is 15.1. The number of guanidine groups is 1. The van der Waals surface area contributed by atoms with Gasteiger partial charge >= 0.3 is 0 Å². The van der Waals surface area contributed by atoms with E-state index in [4.69, 9.17) is 4.74 Å². The molecule has 124 valence electrons. The number of ether oxygens (including phenoxy) is 1. The first kappa shape index (κ1) is 19.2. The molecule has 4 nitrogen and oxygen atoms in total. The maximum absolute atomic E-state index is 5.44. The highest BCUT2D eigenvalue weighted by molar-refractivity contribution is 14.0. The summed E-state index contributed by atoms with van der Waals surface area (Å²) in [6.07, 6.45) is 2.21. The SMILES string of the molecule is CCc1ccccc1CNC(=NC)N(C)CC1CCOC1.I. The number of nitrogens with zero attached hydrogens (tertiary/aromatic N) is 2. The molecule has 0 aromatic heterocycles. The summed E-state index contributed by atoms with van der Waals surface area (Å²) in [6, 6.07) is 8.57. The van der Waals surface area contributed by atoms with Crippen LogP contribution in [-0.4, -0.2) is 44.7 Å². The van der Waals surface area contributed by atoms with Gasteiger partial charge in [0, 0.05) is 39.7 Å². The van der Waals surface area contributed by atoms with E-state index in [0.29, 0.717) is 5.92 Å². The summed E-state index contributed by atoms with van der Waals surface area (Å²) in [6.45, 7) is 5.78. The number of hydrogen-bond donors (Lipinski definition) is 1. The lowest BCUT2D eigenvalue weighted by molar-refractivity contribution is 0.181. The summed E-state index contributed by atoms with van der Waals surface area (Å²) in [4.78, 5) is 6.59. The Morgan fingerprint density at radius 3 is 2.68 bits per heavy atom. The van der Waals surface area contributed by atoms with Crippen LogP contribution in [0.25, 0.3) is 0 Å². The van der Waals surface area contributed by atoms with Crippen LogP contribution in [0.4, 0.5) is 0 Å². The third-order valence-corrected chi connectivity index (χ3v) is 4.07. The Morgan fingerprint density at radius 2 is 2.09 bits per heavy atom. The second-order valence-electron chi connectivity index (χ2n) is 5.63. The van der Waals surface area contributed by atoms with E-state index in [0.717, 1.165) is 45.1 Å². The molecule has 0 aliphatic carbocycles. The van der Waals surface area contributed by atoms with Gasteiger partial charge in [-0.25, -0.2) is 0 Å². The number of benzene rings is 1. The van der Waals surface area contributed by atoms with Gasteiger partial charge in [0.05, 0.1) is 6.61 Å². The van der Waals surface area contributed by atoms with Gasteiger partial charge in [0.1, 0.15) is 0 Å². The van der Waals surface area contributed by atoms with Crippen LogP contribution in [0.1, 0.15) is 24.5 Å². The highest BCUT2D eigenvalue weighted by Gasteiger charge is 2.19. The monoisotopic (exact) mass is 417 g/mol.